The standard InChI is InChI=1S/C14H18N2O/c15-14(17)11-6-3-5-10-8-9-4-1-2-7-12(9)16-13(10)11/h1-2,4,8,11-13,16H,3,5-7H2,(H2,15,17). The molecule has 3 heteroatoms. The fraction of sp³-hybridized carbons (Fsp3) is 0.500. The predicted molar refractivity (Wildman–Crippen MR) is 67.2 cm³/mol. The molecule has 1 saturated carbocycles. The van der Waals surface area contributed by atoms with Crippen LogP contribution >= 0.6 is 0 Å². The molecule has 90 valence electrons. The molecule has 0 aromatic heterocycles. The summed E-state index contributed by atoms with van der Waals surface area (Å²) in [6.07, 6.45) is 12.8. The maximum absolute atomic E-state index is 11.5. The molecule has 1 aliphatic heterocycles. The topological polar surface area (TPSA) is 55.1 Å². The van der Waals surface area contributed by atoms with E-state index in [1.165, 1.54) is 11.1 Å². The van der Waals surface area contributed by atoms with Crippen LogP contribution in [-0.2, 0) is 4.79 Å². The van der Waals surface area contributed by atoms with Gasteiger partial charge in [0.25, 0.3) is 0 Å². The van der Waals surface area contributed by atoms with Crippen LogP contribution in [0.25, 0.3) is 0 Å². The summed E-state index contributed by atoms with van der Waals surface area (Å²) in [5, 5.41) is 3.60. The third-order valence-corrected chi connectivity index (χ3v) is 4.08. The Morgan fingerprint density at radius 1 is 1.47 bits per heavy atom. The van der Waals surface area contributed by atoms with Crippen molar-refractivity contribution in [3.63, 3.8) is 0 Å². The average Bonchev–Trinajstić information content (AvgIpc) is 2.35. The average molecular weight is 230 g/mol. The van der Waals surface area contributed by atoms with E-state index in [-0.39, 0.29) is 17.9 Å². The summed E-state index contributed by atoms with van der Waals surface area (Å²) in [6, 6.07) is 0.545. The van der Waals surface area contributed by atoms with Crippen molar-refractivity contribution < 1.29 is 4.79 Å². The molecule has 3 atom stereocenters. The molecular formula is C14H18N2O. The highest BCUT2D eigenvalue weighted by Gasteiger charge is 2.37. The fourth-order valence-electron chi connectivity index (χ4n) is 3.19. The Morgan fingerprint density at radius 2 is 2.35 bits per heavy atom. The molecule has 17 heavy (non-hydrogen) atoms. The summed E-state index contributed by atoms with van der Waals surface area (Å²) >= 11 is 0. The lowest BCUT2D eigenvalue weighted by Gasteiger charge is -2.40. The molecule has 3 unspecified atom stereocenters. The molecule has 2 aliphatic carbocycles. The first kappa shape index (κ1) is 10.8. The van der Waals surface area contributed by atoms with Gasteiger partial charge < -0.3 is 11.1 Å². The molecule has 1 fully saturated rings. The Kier molecular flexibility index (Phi) is 2.63. The SMILES string of the molecule is NC(=O)C1CCCC2=CC3=CC=CCC3NC21. The van der Waals surface area contributed by atoms with Gasteiger partial charge in [0.05, 0.1) is 5.92 Å². The zero-order valence-electron chi connectivity index (χ0n) is 9.86. The van der Waals surface area contributed by atoms with Crippen LogP contribution in [0.15, 0.2) is 35.5 Å². The Balaban J connectivity index is 1.92. The summed E-state index contributed by atoms with van der Waals surface area (Å²) < 4.78 is 0. The molecule has 3 N–H and O–H groups in total. The lowest BCUT2D eigenvalue weighted by molar-refractivity contribution is -0.123. The van der Waals surface area contributed by atoms with Crippen LogP contribution in [0.4, 0.5) is 0 Å². The molecule has 0 spiro atoms. The van der Waals surface area contributed by atoms with Crippen LogP contribution in [0.5, 0.6) is 0 Å². The highest BCUT2D eigenvalue weighted by Crippen LogP contribution is 2.35. The number of nitrogens with one attached hydrogen (secondary N) is 1. The molecule has 3 nitrogen and oxygen atoms in total. The number of carbonyl (C=O) groups is 1. The number of carbonyl (C=O) groups excluding carboxylic acids is 1. The van der Waals surface area contributed by atoms with Crippen LogP contribution in [0, 0.1) is 5.92 Å². The van der Waals surface area contributed by atoms with Gasteiger partial charge in [-0.1, -0.05) is 29.9 Å². The molecule has 3 aliphatic rings. The fourth-order valence-corrected chi connectivity index (χ4v) is 3.19. The number of primary amides is 1. The van der Waals surface area contributed by atoms with Crippen molar-refractivity contribution in [1.29, 1.82) is 0 Å². The second-order valence-electron chi connectivity index (χ2n) is 5.15. The van der Waals surface area contributed by atoms with Crippen molar-refractivity contribution in [2.24, 2.45) is 11.7 Å². The van der Waals surface area contributed by atoms with Gasteiger partial charge in [-0.05, 0) is 31.3 Å². The Labute approximate surface area is 101 Å². The van der Waals surface area contributed by atoms with E-state index in [0.717, 1.165) is 25.7 Å². The highest BCUT2D eigenvalue weighted by atomic mass is 16.1. The van der Waals surface area contributed by atoms with E-state index in [4.69, 9.17) is 5.73 Å². The third kappa shape index (κ3) is 1.84. The summed E-state index contributed by atoms with van der Waals surface area (Å²) in [5.41, 5.74) is 8.22. The molecule has 0 radical (unpaired) electrons. The van der Waals surface area contributed by atoms with Gasteiger partial charge in [-0.25, -0.2) is 0 Å². The number of amides is 1. The zero-order valence-corrected chi connectivity index (χ0v) is 9.86. The van der Waals surface area contributed by atoms with Gasteiger partial charge in [0.15, 0.2) is 0 Å². The van der Waals surface area contributed by atoms with E-state index >= 15 is 0 Å². The van der Waals surface area contributed by atoms with Gasteiger partial charge in [0.1, 0.15) is 0 Å². The maximum atomic E-state index is 11.5. The molecule has 0 aromatic carbocycles. The Hall–Kier alpha value is -1.35. The smallest absolute Gasteiger partial charge is 0.222 e. The highest BCUT2D eigenvalue weighted by molar-refractivity contribution is 5.78. The van der Waals surface area contributed by atoms with Crippen LogP contribution < -0.4 is 11.1 Å². The minimum atomic E-state index is -0.160. The summed E-state index contributed by atoms with van der Waals surface area (Å²) in [7, 11) is 0. The first-order chi connectivity index (χ1) is 8.25. The quantitative estimate of drug-likeness (QED) is 0.716. The van der Waals surface area contributed by atoms with Gasteiger partial charge in [0.2, 0.25) is 5.91 Å². The molecule has 0 bridgehead atoms. The molecule has 0 aromatic rings. The number of nitrogens with two attached hydrogens (primary N) is 1. The van der Waals surface area contributed by atoms with Gasteiger partial charge in [-0.15, -0.1) is 0 Å². The van der Waals surface area contributed by atoms with E-state index in [1.54, 1.807) is 0 Å². The second-order valence-corrected chi connectivity index (χ2v) is 5.15. The molecule has 0 saturated heterocycles. The van der Waals surface area contributed by atoms with Crippen LogP contribution in [0.2, 0.25) is 0 Å². The van der Waals surface area contributed by atoms with Crippen LogP contribution in [-0.4, -0.2) is 18.0 Å². The largest absolute Gasteiger partial charge is 0.369 e. The minimum absolute atomic E-state index is 0.0255. The molecular weight excluding hydrogens is 212 g/mol. The van der Waals surface area contributed by atoms with E-state index in [9.17, 15) is 4.79 Å². The van der Waals surface area contributed by atoms with Crippen molar-refractivity contribution in [2.75, 3.05) is 0 Å². The monoisotopic (exact) mass is 230 g/mol. The van der Waals surface area contributed by atoms with Gasteiger partial charge in [0, 0.05) is 12.1 Å². The normalized spacial score (nSPS) is 35.4. The van der Waals surface area contributed by atoms with Crippen LogP contribution in [0.3, 0.4) is 0 Å². The van der Waals surface area contributed by atoms with E-state index in [0.29, 0.717) is 6.04 Å². The van der Waals surface area contributed by atoms with Crippen molar-refractivity contribution in [1.82, 2.24) is 5.32 Å². The second kappa shape index (κ2) is 4.15. The summed E-state index contributed by atoms with van der Waals surface area (Å²) in [6.45, 7) is 0. The van der Waals surface area contributed by atoms with Gasteiger partial charge in [-0.3, -0.25) is 4.79 Å². The van der Waals surface area contributed by atoms with Gasteiger partial charge >= 0.3 is 0 Å². The third-order valence-electron chi connectivity index (χ3n) is 4.08. The Bertz CT molecular complexity index is 434. The summed E-state index contributed by atoms with van der Waals surface area (Å²) in [5.74, 6) is -0.186. The minimum Gasteiger partial charge on any atom is -0.369 e. The van der Waals surface area contributed by atoms with E-state index < -0.39 is 0 Å². The van der Waals surface area contributed by atoms with Crippen molar-refractivity contribution in [3.8, 4) is 0 Å². The van der Waals surface area contributed by atoms with E-state index in [1.807, 2.05) is 0 Å². The maximum Gasteiger partial charge on any atom is 0.222 e. The zero-order chi connectivity index (χ0) is 11.8. The van der Waals surface area contributed by atoms with Gasteiger partial charge in [-0.2, -0.15) is 0 Å². The molecule has 1 amide bonds. The number of hydrogen-bond acceptors (Lipinski definition) is 2. The lowest BCUT2D eigenvalue weighted by Crippen LogP contribution is -2.52. The van der Waals surface area contributed by atoms with E-state index in [2.05, 4.69) is 29.6 Å². The summed E-state index contributed by atoms with van der Waals surface area (Å²) in [4.78, 5) is 11.5. The van der Waals surface area contributed by atoms with Crippen molar-refractivity contribution in [2.45, 2.75) is 37.8 Å². The first-order valence-electron chi connectivity index (χ1n) is 6.38. The number of hydrogen-bond donors (Lipinski definition) is 2. The van der Waals surface area contributed by atoms with Crippen molar-refractivity contribution >= 4 is 5.91 Å². The molecule has 3 rings (SSSR count). The molecule has 1 heterocycles. The predicted octanol–water partition coefficient (Wildman–Crippen LogP) is 1.42. The number of rotatable bonds is 1. The Morgan fingerprint density at radius 3 is 3.18 bits per heavy atom. The first-order valence-corrected chi connectivity index (χ1v) is 6.38. The number of fused-ring (bicyclic) bond motifs is 2. The van der Waals surface area contributed by atoms with Crippen molar-refractivity contribution in [3.05, 3.63) is 35.5 Å². The lowest BCUT2D eigenvalue weighted by atomic mass is 9.76. The van der Waals surface area contributed by atoms with Crippen LogP contribution in [0.1, 0.15) is 25.7 Å². The number of allylic oxidation sites excluding steroid dienone is 2.